The molecule has 3 fully saturated rings. The van der Waals surface area contributed by atoms with Crippen LogP contribution in [0.15, 0.2) is 11.6 Å². The molecule has 4 rings (SSSR count). The lowest BCUT2D eigenvalue weighted by molar-refractivity contribution is -0.159. The first-order valence-electron chi connectivity index (χ1n) is 10.4. The Morgan fingerprint density at radius 1 is 1.23 bits per heavy atom. The zero-order chi connectivity index (χ0) is 18.7. The Morgan fingerprint density at radius 2 is 2.00 bits per heavy atom. The number of fused-ring (bicyclic) bond motifs is 5. The van der Waals surface area contributed by atoms with Gasteiger partial charge in [-0.2, -0.15) is 0 Å². The maximum Gasteiger partial charge on any atom is 0.305 e. The van der Waals surface area contributed by atoms with Crippen molar-refractivity contribution in [3.63, 3.8) is 0 Å². The van der Waals surface area contributed by atoms with E-state index in [-0.39, 0.29) is 28.7 Å². The van der Waals surface area contributed by atoms with Crippen LogP contribution in [-0.4, -0.2) is 24.0 Å². The maximum atomic E-state index is 14.3. The summed E-state index contributed by atoms with van der Waals surface area (Å²) in [4.78, 5) is 23.7. The van der Waals surface area contributed by atoms with Gasteiger partial charge in [0.05, 0.1) is 0 Å². The molecule has 0 radical (unpaired) electrons. The van der Waals surface area contributed by atoms with Crippen LogP contribution >= 0.6 is 0 Å². The Bertz CT molecular complexity index is 656. The van der Waals surface area contributed by atoms with E-state index in [1.165, 1.54) is 5.57 Å². The number of hydrogen-bond donors (Lipinski definition) is 0. The van der Waals surface area contributed by atoms with Crippen LogP contribution in [0.1, 0.15) is 72.1 Å². The van der Waals surface area contributed by atoms with Gasteiger partial charge < -0.3 is 4.74 Å². The Labute approximate surface area is 155 Å². The van der Waals surface area contributed by atoms with Gasteiger partial charge >= 0.3 is 5.97 Å². The van der Waals surface area contributed by atoms with Gasteiger partial charge in [0.2, 0.25) is 0 Å². The van der Waals surface area contributed by atoms with Crippen LogP contribution in [-0.2, 0) is 14.3 Å². The SMILES string of the molecule is CCC(=O)O[C@H]1CC[C@H]2[C@@H]3CCC4=CC(=O)[C@@H](F)C[C@]4(C)[C@H]3CC[C@]12C. The molecule has 0 N–H and O–H groups in total. The molecular weight excluding hydrogens is 331 g/mol. The van der Waals surface area contributed by atoms with Crippen molar-refractivity contribution in [2.75, 3.05) is 0 Å². The van der Waals surface area contributed by atoms with Gasteiger partial charge in [0.25, 0.3) is 0 Å². The van der Waals surface area contributed by atoms with E-state index in [2.05, 4.69) is 13.8 Å². The summed E-state index contributed by atoms with van der Waals surface area (Å²) in [6, 6.07) is 0. The molecule has 3 saturated carbocycles. The third-order valence-corrected chi connectivity index (χ3v) is 8.44. The van der Waals surface area contributed by atoms with Crippen LogP contribution < -0.4 is 0 Å². The normalized spacial score (nSPS) is 47.5. The first-order chi connectivity index (χ1) is 12.3. The van der Waals surface area contributed by atoms with Gasteiger partial charge in [-0.1, -0.05) is 26.3 Å². The zero-order valence-electron chi connectivity index (χ0n) is 16.2. The molecule has 144 valence electrons. The van der Waals surface area contributed by atoms with Crippen molar-refractivity contribution in [3.05, 3.63) is 11.6 Å². The number of ether oxygens (including phenoxy) is 1. The predicted octanol–water partition coefficient (Wildman–Crippen LogP) is 4.79. The van der Waals surface area contributed by atoms with Gasteiger partial charge in [0.1, 0.15) is 6.10 Å². The Kier molecular flexibility index (Phi) is 4.32. The fourth-order valence-corrected chi connectivity index (χ4v) is 6.97. The van der Waals surface area contributed by atoms with E-state index in [0.717, 1.165) is 38.5 Å². The molecule has 0 amide bonds. The van der Waals surface area contributed by atoms with Gasteiger partial charge in [-0.05, 0) is 74.2 Å². The van der Waals surface area contributed by atoms with E-state index < -0.39 is 6.17 Å². The van der Waals surface area contributed by atoms with Crippen LogP contribution in [0.4, 0.5) is 4.39 Å². The lowest BCUT2D eigenvalue weighted by atomic mass is 9.47. The topological polar surface area (TPSA) is 43.4 Å². The fraction of sp³-hybridized carbons (Fsp3) is 0.818. The summed E-state index contributed by atoms with van der Waals surface area (Å²) < 4.78 is 20.1. The third kappa shape index (κ3) is 2.51. The molecular formula is C22H31FO3. The minimum Gasteiger partial charge on any atom is -0.462 e. The predicted molar refractivity (Wildman–Crippen MR) is 97.2 cm³/mol. The third-order valence-electron chi connectivity index (χ3n) is 8.44. The molecule has 0 unspecified atom stereocenters. The molecule has 0 aromatic carbocycles. The van der Waals surface area contributed by atoms with Crippen molar-refractivity contribution in [2.45, 2.75) is 84.4 Å². The summed E-state index contributed by atoms with van der Waals surface area (Å²) in [5.74, 6) is 1.13. The first kappa shape index (κ1) is 18.2. The second-order valence-electron chi connectivity index (χ2n) is 9.53. The van der Waals surface area contributed by atoms with Crippen molar-refractivity contribution >= 4 is 11.8 Å². The van der Waals surface area contributed by atoms with Crippen molar-refractivity contribution in [2.24, 2.45) is 28.6 Å². The van der Waals surface area contributed by atoms with Crippen LogP contribution in [0.25, 0.3) is 0 Å². The van der Waals surface area contributed by atoms with Crippen LogP contribution in [0.3, 0.4) is 0 Å². The molecule has 26 heavy (non-hydrogen) atoms. The highest BCUT2D eigenvalue weighted by atomic mass is 19.1. The molecule has 0 heterocycles. The maximum absolute atomic E-state index is 14.3. The molecule has 3 nitrogen and oxygen atoms in total. The quantitative estimate of drug-likeness (QED) is 0.664. The summed E-state index contributed by atoms with van der Waals surface area (Å²) in [6.45, 7) is 6.35. The van der Waals surface area contributed by atoms with Crippen LogP contribution in [0.2, 0.25) is 0 Å². The average molecular weight is 362 g/mol. The number of allylic oxidation sites excluding steroid dienone is 1. The molecule has 0 aliphatic heterocycles. The van der Waals surface area contributed by atoms with Crippen molar-refractivity contribution < 1.29 is 18.7 Å². The van der Waals surface area contributed by atoms with Gasteiger partial charge in [0.15, 0.2) is 12.0 Å². The molecule has 0 aromatic rings. The summed E-state index contributed by atoms with van der Waals surface area (Å²) >= 11 is 0. The molecule has 0 aromatic heterocycles. The van der Waals surface area contributed by atoms with Crippen molar-refractivity contribution in [1.82, 2.24) is 0 Å². The minimum atomic E-state index is -1.34. The van der Waals surface area contributed by atoms with Crippen molar-refractivity contribution in [1.29, 1.82) is 0 Å². The van der Waals surface area contributed by atoms with E-state index in [9.17, 15) is 14.0 Å². The average Bonchev–Trinajstić information content (AvgIpc) is 2.93. The number of alkyl halides is 1. The number of halogens is 1. The summed E-state index contributed by atoms with van der Waals surface area (Å²) in [6.07, 6.45) is 7.27. The molecule has 0 saturated heterocycles. The van der Waals surface area contributed by atoms with Gasteiger partial charge in [-0.25, -0.2) is 4.39 Å². The van der Waals surface area contributed by atoms with E-state index in [0.29, 0.717) is 30.6 Å². The summed E-state index contributed by atoms with van der Waals surface area (Å²) in [7, 11) is 0. The fourth-order valence-electron chi connectivity index (χ4n) is 6.97. The van der Waals surface area contributed by atoms with Gasteiger partial charge in [-0.15, -0.1) is 0 Å². The Hall–Kier alpha value is -1.19. The highest BCUT2D eigenvalue weighted by Gasteiger charge is 2.60. The second kappa shape index (κ2) is 6.17. The highest BCUT2D eigenvalue weighted by Crippen LogP contribution is 2.65. The summed E-state index contributed by atoms with van der Waals surface area (Å²) in [5, 5.41) is 0. The molecule has 7 atom stereocenters. The molecule has 0 bridgehead atoms. The smallest absolute Gasteiger partial charge is 0.305 e. The number of hydrogen-bond acceptors (Lipinski definition) is 3. The van der Waals surface area contributed by atoms with Gasteiger partial charge in [-0.3, -0.25) is 9.59 Å². The van der Waals surface area contributed by atoms with E-state index in [1.54, 1.807) is 6.08 Å². The number of rotatable bonds is 2. The zero-order valence-corrected chi connectivity index (χ0v) is 16.2. The second-order valence-corrected chi connectivity index (χ2v) is 9.53. The largest absolute Gasteiger partial charge is 0.462 e. The molecule has 4 heteroatoms. The Balaban J connectivity index is 1.60. The highest BCUT2D eigenvalue weighted by molar-refractivity contribution is 5.95. The standard InChI is InChI=1S/C22H31FO3/c1-4-20(25)26-19-8-7-15-14-6-5-13-11-18(24)17(23)12-22(13,3)16(14)9-10-21(15,19)2/h11,14-17,19H,4-10,12H2,1-3H3/t14-,15-,16-,17-,19-,21-,22-/m0/s1. The first-order valence-corrected chi connectivity index (χ1v) is 10.4. The molecule has 0 spiro atoms. The van der Waals surface area contributed by atoms with Crippen LogP contribution in [0, 0.1) is 28.6 Å². The number of ketones is 1. The van der Waals surface area contributed by atoms with Gasteiger partial charge in [0, 0.05) is 11.8 Å². The van der Waals surface area contributed by atoms with Crippen molar-refractivity contribution in [3.8, 4) is 0 Å². The summed E-state index contributed by atoms with van der Waals surface area (Å²) in [5.41, 5.74) is 1.08. The Morgan fingerprint density at radius 3 is 2.73 bits per heavy atom. The molecule has 4 aliphatic carbocycles. The number of esters is 1. The van der Waals surface area contributed by atoms with E-state index in [4.69, 9.17) is 4.74 Å². The monoisotopic (exact) mass is 362 g/mol. The van der Waals surface area contributed by atoms with Crippen LogP contribution in [0.5, 0.6) is 0 Å². The van der Waals surface area contributed by atoms with E-state index in [1.807, 2.05) is 6.92 Å². The number of carbonyl (C=O) groups excluding carboxylic acids is 2. The lowest BCUT2D eigenvalue weighted by Gasteiger charge is -2.58. The number of carbonyl (C=O) groups is 2. The minimum absolute atomic E-state index is 0.0347. The molecule has 4 aliphatic rings. The van der Waals surface area contributed by atoms with E-state index >= 15 is 0 Å². The lowest BCUT2D eigenvalue weighted by Crippen LogP contribution is -2.52.